The zero-order chi connectivity index (χ0) is 24.6. The van der Waals surface area contributed by atoms with E-state index in [9.17, 15) is 23.1 Å². The highest BCUT2D eigenvalue weighted by molar-refractivity contribution is 5.70. The zero-order valence-electron chi connectivity index (χ0n) is 20.2. The van der Waals surface area contributed by atoms with Crippen LogP contribution in [-0.4, -0.2) is 60.3 Å². The van der Waals surface area contributed by atoms with E-state index in [1.165, 1.54) is 55.6 Å². The van der Waals surface area contributed by atoms with Gasteiger partial charge in [0.2, 0.25) is 0 Å². The summed E-state index contributed by atoms with van der Waals surface area (Å²) in [5.74, 6) is 1.33. The Morgan fingerprint density at radius 2 is 1.62 bits per heavy atom. The molecule has 0 bridgehead atoms. The second kappa shape index (κ2) is 12.8. The van der Waals surface area contributed by atoms with Gasteiger partial charge < -0.3 is 19.6 Å². The number of unbranched alkanes of at least 4 members (excludes halogenated alkanes) is 2. The van der Waals surface area contributed by atoms with Crippen molar-refractivity contribution in [3.05, 3.63) is 29.8 Å². The summed E-state index contributed by atoms with van der Waals surface area (Å²) in [4.78, 5) is 16.3. The minimum atomic E-state index is -4.41. The fraction of sp³-hybridized carbons (Fsp3) is 0.731. The first kappa shape index (κ1) is 26.8. The molecule has 0 atom stereocenters. The first-order chi connectivity index (χ1) is 16.2. The van der Waals surface area contributed by atoms with Gasteiger partial charge in [0.15, 0.2) is 0 Å². The lowest BCUT2D eigenvalue weighted by atomic mass is 9.79. The molecular formula is C26H39F3N2O3. The summed E-state index contributed by atoms with van der Waals surface area (Å²) in [6.45, 7) is 3.81. The number of carbonyl (C=O) groups is 1. The molecule has 1 saturated heterocycles. The average Bonchev–Trinajstić information content (AvgIpc) is 2.81. The number of piperidine rings is 1. The first-order valence-corrected chi connectivity index (χ1v) is 12.7. The molecule has 0 aromatic heterocycles. The molecule has 2 aliphatic rings. The van der Waals surface area contributed by atoms with Crippen LogP contribution in [0.15, 0.2) is 24.3 Å². The van der Waals surface area contributed by atoms with Crippen LogP contribution in [0.25, 0.3) is 0 Å². The predicted molar refractivity (Wildman–Crippen MR) is 126 cm³/mol. The van der Waals surface area contributed by atoms with Crippen molar-refractivity contribution in [3.8, 4) is 5.75 Å². The first-order valence-electron chi connectivity index (χ1n) is 12.7. The number of halogens is 3. The molecule has 1 aliphatic carbocycles. The van der Waals surface area contributed by atoms with Crippen molar-refractivity contribution < 1.29 is 27.8 Å². The van der Waals surface area contributed by atoms with Gasteiger partial charge in [-0.2, -0.15) is 13.2 Å². The van der Waals surface area contributed by atoms with Gasteiger partial charge in [-0.1, -0.05) is 32.1 Å². The van der Waals surface area contributed by atoms with Crippen molar-refractivity contribution in [2.75, 3.05) is 33.2 Å². The third-order valence-corrected chi connectivity index (χ3v) is 7.34. The van der Waals surface area contributed by atoms with E-state index in [0.717, 1.165) is 63.4 Å². The summed E-state index contributed by atoms with van der Waals surface area (Å²) < 4.78 is 43.2. The van der Waals surface area contributed by atoms with Gasteiger partial charge in [0, 0.05) is 26.7 Å². The van der Waals surface area contributed by atoms with Gasteiger partial charge in [0.25, 0.3) is 0 Å². The summed E-state index contributed by atoms with van der Waals surface area (Å²) in [7, 11) is 1.68. The Kier molecular flexibility index (Phi) is 10.1. The van der Waals surface area contributed by atoms with E-state index in [2.05, 4.69) is 4.90 Å². The fourth-order valence-electron chi connectivity index (χ4n) is 5.14. The fourth-order valence-corrected chi connectivity index (χ4v) is 5.14. The van der Waals surface area contributed by atoms with Crippen LogP contribution in [0.1, 0.15) is 69.8 Å². The minimum Gasteiger partial charge on any atom is -0.410 e. The highest BCUT2D eigenvalue weighted by atomic mass is 19.4. The Morgan fingerprint density at radius 1 is 1.00 bits per heavy atom. The maximum absolute atomic E-state index is 12.7. The molecule has 5 nitrogen and oxygen atoms in total. The Morgan fingerprint density at radius 3 is 2.24 bits per heavy atom. The standard InChI is InChI=1S/C26H39F3N2O3/c1-30(25(33)34-24-12-10-22(11-13-24)26(27,28)29)19-21-8-6-20(7-9-21)5-3-2-4-16-31-17-14-23(32)15-18-31/h10-13,20-21,23,32H,2-9,14-19H2,1H3. The molecule has 2 fully saturated rings. The average molecular weight is 485 g/mol. The van der Waals surface area contributed by atoms with Crippen molar-refractivity contribution in [1.82, 2.24) is 9.80 Å². The van der Waals surface area contributed by atoms with Crippen molar-refractivity contribution in [3.63, 3.8) is 0 Å². The Bertz CT molecular complexity index is 741. The number of nitrogens with zero attached hydrogens (tertiary/aromatic N) is 2. The van der Waals surface area contributed by atoms with E-state index in [1.54, 1.807) is 7.05 Å². The van der Waals surface area contributed by atoms with E-state index in [4.69, 9.17) is 4.74 Å². The highest BCUT2D eigenvalue weighted by Crippen LogP contribution is 2.33. The number of carbonyl (C=O) groups excluding carboxylic acids is 1. The Labute approximate surface area is 201 Å². The number of alkyl halides is 3. The lowest BCUT2D eigenvalue weighted by Crippen LogP contribution is -2.36. The molecule has 1 saturated carbocycles. The monoisotopic (exact) mass is 484 g/mol. The van der Waals surface area contributed by atoms with Crippen LogP contribution in [0.3, 0.4) is 0 Å². The van der Waals surface area contributed by atoms with Gasteiger partial charge in [-0.25, -0.2) is 4.79 Å². The molecule has 3 rings (SSSR count). The van der Waals surface area contributed by atoms with Crippen LogP contribution in [0.4, 0.5) is 18.0 Å². The van der Waals surface area contributed by atoms with Gasteiger partial charge in [0.05, 0.1) is 11.7 Å². The normalized spacial score (nSPS) is 22.5. The number of hydrogen-bond donors (Lipinski definition) is 1. The van der Waals surface area contributed by atoms with Gasteiger partial charge in [-0.3, -0.25) is 0 Å². The quantitative estimate of drug-likeness (QED) is 0.440. The SMILES string of the molecule is CN(CC1CCC(CCCCCN2CCC(O)CC2)CC1)C(=O)Oc1ccc(C(F)(F)F)cc1. The lowest BCUT2D eigenvalue weighted by Gasteiger charge is -2.31. The molecule has 0 spiro atoms. The van der Waals surface area contributed by atoms with Gasteiger partial charge in [0.1, 0.15) is 5.75 Å². The number of amides is 1. The summed E-state index contributed by atoms with van der Waals surface area (Å²) >= 11 is 0. The highest BCUT2D eigenvalue weighted by Gasteiger charge is 2.30. The molecule has 1 aromatic carbocycles. The number of ether oxygens (including phenoxy) is 1. The number of aliphatic hydroxyl groups is 1. The van der Waals surface area contributed by atoms with Gasteiger partial charge in [-0.15, -0.1) is 0 Å². The molecular weight excluding hydrogens is 445 g/mol. The molecule has 1 aromatic rings. The largest absolute Gasteiger partial charge is 0.416 e. The summed E-state index contributed by atoms with van der Waals surface area (Å²) in [5, 5.41) is 9.58. The molecule has 8 heteroatoms. The van der Waals surface area contributed by atoms with E-state index in [-0.39, 0.29) is 11.9 Å². The number of likely N-dealkylation sites (tertiary alicyclic amines) is 1. The van der Waals surface area contributed by atoms with E-state index in [0.29, 0.717) is 12.5 Å². The smallest absolute Gasteiger partial charge is 0.410 e. The van der Waals surface area contributed by atoms with E-state index < -0.39 is 17.8 Å². The molecule has 192 valence electrons. The molecule has 0 unspecified atom stereocenters. The van der Waals surface area contributed by atoms with Crippen LogP contribution >= 0.6 is 0 Å². The van der Waals surface area contributed by atoms with Crippen LogP contribution in [-0.2, 0) is 6.18 Å². The minimum absolute atomic E-state index is 0.101. The number of aliphatic hydroxyl groups excluding tert-OH is 1. The second-order valence-corrected chi connectivity index (χ2v) is 10.1. The molecule has 1 aliphatic heterocycles. The zero-order valence-corrected chi connectivity index (χ0v) is 20.2. The molecule has 1 heterocycles. The van der Waals surface area contributed by atoms with Crippen molar-refractivity contribution in [2.45, 2.75) is 76.5 Å². The summed E-state index contributed by atoms with van der Waals surface area (Å²) in [5.41, 5.74) is -0.764. The number of benzene rings is 1. The molecule has 34 heavy (non-hydrogen) atoms. The van der Waals surface area contributed by atoms with Crippen LogP contribution in [0.2, 0.25) is 0 Å². The maximum Gasteiger partial charge on any atom is 0.416 e. The topological polar surface area (TPSA) is 53.0 Å². The second-order valence-electron chi connectivity index (χ2n) is 10.1. The summed E-state index contributed by atoms with van der Waals surface area (Å²) in [6.07, 6.45) is 6.38. The predicted octanol–water partition coefficient (Wildman–Crippen LogP) is 5.96. The molecule has 0 radical (unpaired) electrons. The van der Waals surface area contributed by atoms with Crippen LogP contribution in [0, 0.1) is 11.8 Å². The number of rotatable bonds is 9. The van der Waals surface area contributed by atoms with Crippen LogP contribution in [0.5, 0.6) is 5.75 Å². The molecule has 1 N–H and O–H groups in total. The lowest BCUT2D eigenvalue weighted by molar-refractivity contribution is -0.137. The van der Waals surface area contributed by atoms with Crippen molar-refractivity contribution in [1.29, 1.82) is 0 Å². The number of hydrogen-bond acceptors (Lipinski definition) is 4. The van der Waals surface area contributed by atoms with Crippen molar-refractivity contribution >= 4 is 6.09 Å². The summed E-state index contributed by atoms with van der Waals surface area (Å²) in [6, 6.07) is 4.19. The Hall–Kier alpha value is -1.80. The maximum atomic E-state index is 12.7. The van der Waals surface area contributed by atoms with Gasteiger partial charge in [-0.05, 0) is 74.8 Å². The van der Waals surface area contributed by atoms with Gasteiger partial charge >= 0.3 is 12.3 Å². The third-order valence-electron chi connectivity index (χ3n) is 7.34. The van der Waals surface area contributed by atoms with E-state index in [1.807, 2.05) is 0 Å². The molecule has 1 amide bonds. The Balaban J connectivity index is 1.26. The van der Waals surface area contributed by atoms with Crippen LogP contribution < -0.4 is 4.74 Å². The van der Waals surface area contributed by atoms with E-state index >= 15 is 0 Å². The van der Waals surface area contributed by atoms with Crippen molar-refractivity contribution in [2.24, 2.45) is 11.8 Å². The third kappa shape index (κ3) is 8.77.